The van der Waals surface area contributed by atoms with E-state index in [9.17, 15) is 0 Å². The molecule has 1 rings (SSSR count). The van der Waals surface area contributed by atoms with Crippen LogP contribution in [0, 0.1) is 5.92 Å². The van der Waals surface area contributed by atoms with Gasteiger partial charge in [0.15, 0.2) is 0 Å². The summed E-state index contributed by atoms with van der Waals surface area (Å²) in [6.07, 6.45) is 8.35. The first kappa shape index (κ1) is 14.0. The quantitative estimate of drug-likeness (QED) is 0.640. The molecule has 0 radical (unpaired) electrons. The molecule has 16 heavy (non-hydrogen) atoms. The number of hydrogen-bond acceptors (Lipinski definition) is 2. The maximum Gasteiger partial charge on any atom is 0.0207 e. The van der Waals surface area contributed by atoms with Crippen LogP contribution in [-0.4, -0.2) is 37.6 Å². The summed E-state index contributed by atoms with van der Waals surface area (Å²) in [5.41, 5.74) is 0. The van der Waals surface area contributed by atoms with Crippen LogP contribution < -0.4 is 5.32 Å². The summed E-state index contributed by atoms with van der Waals surface area (Å²) < 4.78 is 0. The average Bonchev–Trinajstić information content (AvgIpc) is 2.62. The lowest BCUT2D eigenvalue weighted by molar-refractivity contribution is 0.396. The van der Waals surface area contributed by atoms with E-state index in [1.807, 2.05) is 0 Å². The predicted octanol–water partition coefficient (Wildman–Crippen LogP) is 2.89. The van der Waals surface area contributed by atoms with Crippen molar-refractivity contribution >= 4 is 0 Å². The largest absolute Gasteiger partial charge is 0.313 e. The van der Waals surface area contributed by atoms with E-state index in [0.717, 1.165) is 12.0 Å². The van der Waals surface area contributed by atoms with Crippen molar-refractivity contribution in [1.29, 1.82) is 0 Å². The van der Waals surface area contributed by atoms with Gasteiger partial charge in [0, 0.05) is 12.6 Å². The molecule has 1 aliphatic heterocycles. The monoisotopic (exact) mass is 226 g/mol. The Labute approximate surface area is 102 Å². The van der Waals surface area contributed by atoms with Gasteiger partial charge in [0.2, 0.25) is 0 Å². The van der Waals surface area contributed by atoms with E-state index >= 15 is 0 Å². The van der Waals surface area contributed by atoms with Crippen molar-refractivity contribution in [2.24, 2.45) is 5.92 Å². The second-order valence-electron chi connectivity index (χ2n) is 5.80. The average molecular weight is 226 g/mol. The van der Waals surface area contributed by atoms with Crippen molar-refractivity contribution in [2.45, 2.75) is 58.4 Å². The Balaban J connectivity index is 1.81. The van der Waals surface area contributed by atoms with Crippen molar-refractivity contribution < 1.29 is 0 Å². The fourth-order valence-electron chi connectivity index (χ4n) is 2.44. The number of likely N-dealkylation sites (N-methyl/N-ethyl adjacent to an activating group) is 1. The smallest absolute Gasteiger partial charge is 0.0207 e. The highest BCUT2D eigenvalue weighted by Gasteiger charge is 2.17. The Morgan fingerprint density at radius 1 is 1.19 bits per heavy atom. The minimum absolute atomic E-state index is 0.765. The zero-order chi connectivity index (χ0) is 11.8. The van der Waals surface area contributed by atoms with E-state index in [1.54, 1.807) is 0 Å². The van der Waals surface area contributed by atoms with E-state index in [4.69, 9.17) is 0 Å². The van der Waals surface area contributed by atoms with Gasteiger partial charge in [-0.1, -0.05) is 39.5 Å². The molecule has 96 valence electrons. The minimum Gasteiger partial charge on any atom is -0.313 e. The third-order valence-corrected chi connectivity index (χ3v) is 3.53. The van der Waals surface area contributed by atoms with Gasteiger partial charge in [-0.15, -0.1) is 0 Å². The van der Waals surface area contributed by atoms with Crippen LogP contribution in [0.4, 0.5) is 0 Å². The highest BCUT2D eigenvalue weighted by atomic mass is 15.2. The SMILES string of the molecule is CC(C)CCCCCCNC1CCN(C)C1. The Bertz CT molecular complexity index is 168. The highest BCUT2D eigenvalue weighted by molar-refractivity contribution is 4.78. The summed E-state index contributed by atoms with van der Waals surface area (Å²) in [5, 5.41) is 3.67. The van der Waals surface area contributed by atoms with Gasteiger partial charge in [-0.25, -0.2) is 0 Å². The van der Waals surface area contributed by atoms with Gasteiger partial charge < -0.3 is 10.2 Å². The van der Waals surface area contributed by atoms with E-state index in [0.29, 0.717) is 0 Å². The molecule has 0 bridgehead atoms. The molecule has 0 aromatic carbocycles. The van der Waals surface area contributed by atoms with E-state index < -0.39 is 0 Å². The van der Waals surface area contributed by atoms with Crippen LogP contribution in [0.25, 0.3) is 0 Å². The standard InChI is InChI=1S/C14H30N2/c1-13(2)8-6-4-5-7-10-15-14-9-11-16(3)12-14/h13-15H,4-12H2,1-3H3. The van der Waals surface area contributed by atoms with Crippen LogP contribution in [-0.2, 0) is 0 Å². The molecule has 1 unspecified atom stereocenters. The molecule has 1 saturated heterocycles. The van der Waals surface area contributed by atoms with Gasteiger partial charge in [0.1, 0.15) is 0 Å². The van der Waals surface area contributed by atoms with Crippen LogP contribution in [0.5, 0.6) is 0 Å². The molecule has 1 N–H and O–H groups in total. The molecule has 0 aliphatic carbocycles. The van der Waals surface area contributed by atoms with E-state index in [1.165, 1.54) is 58.2 Å². The van der Waals surface area contributed by atoms with Gasteiger partial charge in [-0.3, -0.25) is 0 Å². The van der Waals surface area contributed by atoms with Gasteiger partial charge >= 0.3 is 0 Å². The third kappa shape index (κ3) is 6.49. The predicted molar refractivity (Wildman–Crippen MR) is 71.8 cm³/mol. The lowest BCUT2D eigenvalue weighted by atomic mass is 10.0. The topological polar surface area (TPSA) is 15.3 Å². The second-order valence-corrected chi connectivity index (χ2v) is 5.80. The first-order valence-corrected chi connectivity index (χ1v) is 7.10. The summed E-state index contributed by atoms with van der Waals surface area (Å²) in [6.45, 7) is 8.37. The van der Waals surface area contributed by atoms with Crippen molar-refractivity contribution in [3.05, 3.63) is 0 Å². The van der Waals surface area contributed by atoms with Gasteiger partial charge in [0.05, 0.1) is 0 Å². The van der Waals surface area contributed by atoms with Gasteiger partial charge in [0.25, 0.3) is 0 Å². The molecule has 2 nitrogen and oxygen atoms in total. The Kier molecular flexibility index (Phi) is 7.06. The summed E-state index contributed by atoms with van der Waals surface area (Å²) in [7, 11) is 2.22. The van der Waals surface area contributed by atoms with Crippen molar-refractivity contribution in [1.82, 2.24) is 10.2 Å². The Morgan fingerprint density at radius 2 is 1.94 bits per heavy atom. The number of hydrogen-bond donors (Lipinski definition) is 1. The molecular weight excluding hydrogens is 196 g/mol. The fourth-order valence-corrected chi connectivity index (χ4v) is 2.44. The third-order valence-electron chi connectivity index (χ3n) is 3.53. The summed E-state index contributed by atoms with van der Waals surface area (Å²) in [5.74, 6) is 0.882. The minimum atomic E-state index is 0.765. The van der Waals surface area contributed by atoms with E-state index in [-0.39, 0.29) is 0 Å². The normalized spacial score (nSPS) is 22.1. The van der Waals surface area contributed by atoms with Gasteiger partial charge in [-0.05, 0) is 38.9 Å². The molecule has 0 spiro atoms. The summed E-state index contributed by atoms with van der Waals surface area (Å²) >= 11 is 0. The van der Waals surface area contributed by atoms with Crippen molar-refractivity contribution in [3.63, 3.8) is 0 Å². The zero-order valence-electron chi connectivity index (χ0n) is 11.5. The van der Waals surface area contributed by atoms with Crippen LogP contribution in [0.15, 0.2) is 0 Å². The number of nitrogens with one attached hydrogen (secondary N) is 1. The number of likely N-dealkylation sites (tertiary alicyclic amines) is 1. The van der Waals surface area contributed by atoms with Crippen molar-refractivity contribution in [3.8, 4) is 0 Å². The number of nitrogens with zero attached hydrogens (tertiary/aromatic N) is 1. The molecule has 0 aromatic heterocycles. The maximum atomic E-state index is 3.67. The van der Waals surface area contributed by atoms with Crippen LogP contribution in [0.3, 0.4) is 0 Å². The zero-order valence-corrected chi connectivity index (χ0v) is 11.5. The molecule has 1 atom stereocenters. The van der Waals surface area contributed by atoms with Crippen LogP contribution in [0.1, 0.15) is 52.4 Å². The summed E-state index contributed by atoms with van der Waals surface area (Å²) in [4.78, 5) is 2.42. The first-order valence-electron chi connectivity index (χ1n) is 7.10. The van der Waals surface area contributed by atoms with Crippen molar-refractivity contribution in [2.75, 3.05) is 26.7 Å². The lowest BCUT2D eigenvalue weighted by Crippen LogP contribution is -2.32. The number of unbranched alkanes of at least 4 members (excludes halogenated alkanes) is 3. The Morgan fingerprint density at radius 3 is 2.56 bits per heavy atom. The molecule has 0 aromatic rings. The number of rotatable bonds is 8. The summed E-state index contributed by atoms with van der Waals surface area (Å²) in [6, 6.07) is 0.765. The fraction of sp³-hybridized carbons (Fsp3) is 1.00. The van der Waals surface area contributed by atoms with Crippen LogP contribution >= 0.6 is 0 Å². The maximum absolute atomic E-state index is 3.67. The van der Waals surface area contributed by atoms with Gasteiger partial charge in [-0.2, -0.15) is 0 Å². The molecule has 1 heterocycles. The second kappa shape index (κ2) is 8.08. The molecule has 0 saturated carbocycles. The molecule has 0 amide bonds. The molecule has 1 aliphatic rings. The molecule has 2 heteroatoms. The van der Waals surface area contributed by atoms with E-state index in [2.05, 4.69) is 31.1 Å². The molecular formula is C14H30N2. The first-order chi connectivity index (χ1) is 7.68. The van der Waals surface area contributed by atoms with Crippen LogP contribution in [0.2, 0.25) is 0 Å². The Hall–Kier alpha value is -0.0800. The highest BCUT2D eigenvalue weighted by Crippen LogP contribution is 2.10. The molecule has 1 fully saturated rings. The lowest BCUT2D eigenvalue weighted by Gasteiger charge is -2.12.